The molecule has 2 N–H and O–H groups in total. The molecule has 3 heteroatoms. The van der Waals surface area contributed by atoms with Crippen molar-refractivity contribution in [2.45, 2.75) is 19.4 Å². The first-order chi connectivity index (χ1) is 8.15. The van der Waals surface area contributed by atoms with Crippen LogP contribution in [0, 0.1) is 12.7 Å². The third-order valence-corrected chi connectivity index (χ3v) is 2.67. The minimum atomic E-state index is -0.337. The Kier molecular flexibility index (Phi) is 3.49. The van der Waals surface area contributed by atoms with Crippen molar-refractivity contribution in [2.24, 2.45) is 5.73 Å². The zero-order chi connectivity index (χ0) is 12.3. The minimum Gasteiger partial charge on any atom is -0.322 e. The largest absolute Gasteiger partial charge is 0.322 e. The van der Waals surface area contributed by atoms with Gasteiger partial charge >= 0.3 is 0 Å². The number of nitrogens with two attached hydrogens (primary N) is 1. The second kappa shape index (κ2) is 5.06. The van der Waals surface area contributed by atoms with E-state index < -0.39 is 0 Å². The first kappa shape index (κ1) is 11.7. The van der Waals surface area contributed by atoms with E-state index >= 15 is 0 Å². The Hall–Kier alpha value is -1.74. The van der Waals surface area contributed by atoms with E-state index in [2.05, 4.69) is 11.1 Å². The van der Waals surface area contributed by atoms with Crippen LogP contribution in [0.3, 0.4) is 0 Å². The van der Waals surface area contributed by atoms with E-state index in [9.17, 15) is 4.39 Å². The van der Waals surface area contributed by atoms with Crippen molar-refractivity contribution >= 4 is 0 Å². The van der Waals surface area contributed by atoms with Gasteiger partial charge in [-0.1, -0.05) is 29.8 Å². The smallest absolute Gasteiger partial charge is 0.141 e. The van der Waals surface area contributed by atoms with Crippen LogP contribution in [0.4, 0.5) is 4.39 Å². The molecule has 2 rings (SSSR count). The van der Waals surface area contributed by atoms with Crippen molar-refractivity contribution in [3.63, 3.8) is 0 Å². The molecule has 0 saturated heterocycles. The molecule has 17 heavy (non-hydrogen) atoms. The topological polar surface area (TPSA) is 38.9 Å². The Bertz CT molecular complexity index is 494. The van der Waals surface area contributed by atoms with Crippen LogP contribution < -0.4 is 5.73 Å². The van der Waals surface area contributed by atoms with Gasteiger partial charge in [-0.2, -0.15) is 0 Å². The van der Waals surface area contributed by atoms with Gasteiger partial charge in [0.15, 0.2) is 0 Å². The molecule has 0 fully saturated rings. The number of hydrogen-bond donors (Lipinski definition) is 1. The standard InChI is InChI=1S/C14H15FN2/c1-10-3-2-4-11(7-10)8-13(16)14-6-5-12(15)9-17-14/h2-7,9,13H,8,16H2,1H3. The third-order valence-electron chi connectivity index (χ3n) is 2.67. The lowest BCUT2D eigenvalue weighted by Crippen LogP contribution is -2.14. The predicted molar refractivity (Wildman–Crippen MR) is 66.0 cm³/mol. The quantitative estimate of drug-likeness (QED) is 0.880. The Morgan fingerprint density at radius 1 is 1.29 bits per heavy atom. The highest BCUT2D eigenvalue weighted by atomic mass is 19.1. The summed E-state index contributed by atoms with van der Waals surface area (Å²) in [6, 6.07) is 11.0. The van der Waals surface area contributed by atoms with Crippen LogP contribution in [0.5, 0.6) is 0 Å². The highest BCUT2D eigenvalue weighted by molar-refractivity contribution is 5.24. The molecular formula is C14H15FN2. The molecule has 0 saturated carbocycles. The highest BCUT2D eigenvalue weighted by Crippen LogP contribution is 2.15. The molecule has 88 valence electrons. The van der Waals surface area contributed by atoms with Gasteiger partial charge in [0.2, 0.25) is 0 Å². The lowest BCUT2D eigenvalue weighted by atomic mass is 10.0. The van der Waals surface area contributed by atoms with E-state index in [1.54, 1.807) is 6.07 Å². The molecule has 2 nitrogen and oxygen atoms in total. The van der Waals surface area contributed by atoms with Crippen molar-refractivity contribution < 1.29 is 4.39 Å². The van der Waals surface area contributed by atoms with Crippen molar-refractivity contribution in [1.82, 2.24) is 4.98 Å². The summed E-state index contributed by atoms with van der Waals surface area (Å²) in [5.41, 5.74) is 9.14. The molecule has 0 aliphatic rings. The summed E-state index contributed by atoms with van der Waals surface area (Å²) in [7, 11) is 0. The molecule has 0 amide bonds. The maximum Gasteiger partial charge on any atom is 0.141 e. The van der Waals surface area contributed by atoms with E-state index in [1.807, 2.05) is 25.1 Å². The number of rotatable bonds is 3. The summed E-state index contributed by atoms with van der Waals surface area (Å²) in [4.78, 5) is 4.00. The molecule has 0 radical (unpaired) electrons. The van der Waals surface area contributed by atoms with Gasteiger partial charge in [-0.05, 0) is 31.0 Å². The van der Waals surface area contributed by atoms with Crippen LogP contribution in [-0.2, 0) is 6.42 Å². The monoisotopic (exact) mass is 230 g/mol. The van der Waals surface area contributed by atoms with E-state index in [0.29, 0.717) is 12.1 Å². The number of aryl methyl sites for hydroxylation is 1. The fourth-order valence-electron chi connectivity index (χ4n) is 1.80. The summed E-state index contributed by atoms with van der Waals surface area (Å²) in [6.07, 6.45) is 1.91. The Labute approximate surface area is 100 Å². The SMILES string of the molecule is Cc1cccc(CC(N)c2ccc(F)cn2)c1. The van der Waals surface area contributed by atoms with Crippen molar-refractivity contribution in [2.75, 3.05) is 0 Å². The van der Waals surface area contributed by atoms with Crippen LogP contribution >= 0.6 is 0 Å². The second-order valence-electron chi connectivity index (χ2n) is 4.20. The summed E-state index contributed by atoms with van der Waals surface area (Å²) >= 11 is 0. The molecule has 0 bridgehead atoms. The van der Waals surface area contributed by atoms with Gasteiger partial charge in [-0.15, -0.1) is 0 Å². The van der Waals surface area contributed by atoms with E-state index in [4.69, 9.17) is 5.73 Å². The summed E-state index contributed by atoms with van der Waals surface area (Å²) in [6.45, 7) is 2.05. The van der Waals surface area contributed by atoms with E-state index in [-0.39, 0.29) is 11.9 Å². The van der Waals surface area contributed by atoms with Gasteiger partial charge in [0.05, 0.1) is 17.9 Å². The van der Waals surface area contributed by atoms with Crippen molar-refractivity contribution in [3.05, 3.63) is 65.2 Å². The average Bonchev–Trinajstić information content (AvgIpc) is 2.29. The Balaban J connectivity index is 2.11. The van der Waals surface area contributed by atoms with Crippen molar-refractivity contribution in [1.29, 1.82) is 0 Å². The van der Waals surface area contributed by atoms with Gasteiger partial charge in [-0.3, -0.25) is 4.98 Å². The predicted octanol–water partition coefficient (Wildman–Crippen LogP) is 2.77. The van der Waals surface area contributed by atoms with Gasteiger partial charge < -0.3 is 5.73 Å². The second-order valence-corrected chi connectivity index (χ2v) is 4.20. The normalized spacial score (nSPS) is 12.4. The minimum absolute atomic E-state index is 0.197. The summed E-state index contributed by atoms with van der Waals surface area (Å²) in [5.74, 6) is -0.337. The van der Waals surface area contributed by atoms with Crippen LogP contribution in [-0.4, -0.2) is 4.98 Å². The molecule has 1 atom stereocenters. The molecule has 1 aromatic heterocycles. The first-order valence-electron chi connectivity index (χ1n) is 5.58. The van der Waals surface area contributed by atoms with Crippen LogP contribution in [0.2, 0.25) is 0 Å². The number of pyridine rings is 1. The fourth-order valence-corrected chi connectivity index (χ4v) is 1.80. The van der Waals surface area contributed by atoms with Crippen LogP contribution in [0.25, 0.3) is 0 Å². The lowest BCUT2D eigenvalue weighted by Gasteiger charge is -2.11. The zero-order valence-corrected chi connectivity index (χ0v) is 9.73. The van der Waals surface area contributed by atoms with Gasteiger partial charge in [0, 0.05) is 0 Å². The molecule has 0 spiro atoms. The molecular weight excluding hydrogens is 215 g/mol. The summed E-state index contributed by atoms with van der Waals surface area (Å²) in [5, 5.41) is 0. The van der Waals surface area contributed by atoms with Gasteiger partial charge in [0.1, 0.15) is 5.82 Å². The molecule has 1 heterocycles. The maximum atomic E-state index is 12.7. The lowest BCUT2D eigenvalue weighted by molar-refractivity contribution is 0.612. The van der Waals surface area contributed by atoms with E-state index in [0.717, 1.165) is 0 Å². The molecule has 1 aromatic carbocycles. The fraction of sp³-hybridized carbons (Fsp3) is 0.214. The molecule has 0 aliphatic heterocycles. The highest BCUT2D eigenvalue weighted by Gasteiger charge is 2.08. The Morgan fingerprint density at radius 3 is 2.76 bits per heavy atom. The first-order valence-corrected chi connectivity index (χ1v) is 5.58. The summed E-state index contributed by atoms with van der Waals surface area (Å²) < 4.78 is 12.7. The maximum absolute atomic E-state index is 12.7. The number of halogens is 1. The van der Waals surface area contributed by atoms with Crippen molar-refractivity contribution in [3.8, 4) is 0 Å². The molecule has 2 aromatic rings. The number of nitrogens with zero attached hydrogens (tertiary/aromatic N) is 1. The number of benzene rings is 1. The molecule has 0 aliphatic carbocycles. The number of hydrogen-bond acceptors (Lipinski definition) is 2. The van der Waals surface area contributed by atoms with E-state index in [1.165, 1.54) is 23.4 Å². The van der Waals surface area contributed by atoms with Crippen LogP contribution in [0.1, 0.15) is 22.9 Å². The van der Waals surface area contributed by atoms with Gasteiger partial charge in [-0.25, -0.2) is 4.39 Å². The third kappa shape index (κ3) is 3.11. The average molecular weight is 230 g/mol. The van der Waals surface area contributed by atoms with Crippen LogP contribution in [0.15, 0.2) is 42.6 Å². The Morgan fingerprint density at radius 2 is 2.12 bits per heavy atom. The number of aromatic nitrogens is 1. The molecule has 1 unspecified atom stereocenters. The zero-order valence-electron chi connectivity index (χ0n) is 9.73. The van der Waals surface area contributed by atoms with Gasteiger partial charge in [0.25, 0.3) is 0 Å².